The van der Waals surface area contributed by atoms with Crippen molar-refractivity contribution in [1.29, 1.82) is 0 Å². The summed E-state index contributed by atoms with van der Waals surface area (Å²) in [5.74, 6) is -1.70. The Kier molecular flexibility index (Phi) is 7.04. The largest absolute Gasteiger partial charge is 0.476 e. The van der Waals surface area contributed by atoms with E-state index in [1.54, 1.807) is 30.3 Å². The number of carboxylic acids is 1. The molecule has 41 heavy (non-hydrogen) atoms. The van der Waals surface area contributed by atoms with Gasteiger partial charge in [0.25, 0.3) is 5.91 Å². The number of hydrogen-bond acceptors (Lipinski definition) is 4. The summed E-state index contributed by atoms with van der Waals surface area (Å²) < 4.78 is 0. The second-order valence-electron chi connectivity index (χ2n) is 10.2. The van der Waals surface area contributed by atoms with Crippen molar-refractivity contribution < 1.29 is 14.7 Å². The predicted molar refractivity (Wildman–Crippen MR) is 164 cm³/mol. The minimum absolute atomic E-state index is 0.0517. The lowest BCUT2D eigenvalue weighted by atomic mass is 9.97. The first-order chi connectivity index (χ1) is 20.0. The molecule has 4 aromatic rings. The topological polar surface area (TPSA) is 73.2 Å². The summed E-state index contributed by atoms with van der Waals surface area (Å²) >= 11 is 0. The van der Waals surface area contributed by atoms with Gasteiger partial charge >= 0.3 is 5.97 Å². The molecule has 0 atom stereocenters. The Balaban J connectivity index is 1.21. The fourth-order valence-corrected chi connectivity index (χ4v) is 5.29. The molecular formula is C35H29N3O3. The summed E-state index contributed by atoms with van der Waals surface area (Å²) in [5, 5.41) is 14.8. The Morgan fingerprint density at radius 3 is 2.29 bits per heavy atom. The van der Waals surface area contributed by atoms with Crippen molar-refractivity contribution >= 4 is 40.7 Å². The third-order valence-electron chi connectivity index (χ3n) is 7.42. The highest BCUT2D eigenvalue weighted by Crippen LogP contribution is 2.35. The summed E-state index contributed by atoms with van der Waals surface area (Å²) in [7, 11) is 0. The number of nitrogens with zero attached hydrogens (tertiary/aromatic N) is 3. The number of benzene rings is 4. The Morgan fingerprint density at radius 2 is 1.59 bits per heavy atom. The Hall–Kier alpha value is -5.23. The predicted octanol–water partition coefficient (Wildman–Crippen LogP) is 7.17. The van der Waals surface area contributed by atoms with Crippen molar-refractivity contribution in [3.8, 4) is 11.1 Å². The monoisotopic (exact) mass is 539 g/mol. The molecule has 0 aliphatic carbocycles. The molecule has 0 aromatic heterocycles. The van der Waals surface area contributed by atoms with Crippen LogP contribution in [0.25, 0.3) is 17.2 Å². The van der Waals surface area contributed by atoms with Crippen molar-refractivity contribution in [1.82, 2.24) is 0 Å². The van der Waals surface area contributed by atoms with E-state index in [1.165, 1.54) is 34.0 Å². The van der Waals surface area contributed by atoms with Gasteiger partial charge in [-0.25, -0.2) is 4.79 Å². The number of aliphatic carboxylic acids is 1. The van der Waals surface area contributed by atoms with E-state index in [2.05, 4.69) is 77.6 Å². The van der Waals surface area contributed by atoms with Crippen molar-refractivity contribution in [3.05, 3.63) is 131 Å². The molecule has 0 fully saturated rings. The van der Waals surface area contributed by atoms with Gasteiger partial charge in [0.1, 0.15) is 0 Å². The number of para-hydroxylation sites is 1. The Morgan fingerprint density at radius 1 is 0.878 bits per heavy atom. The number of anilines is 3. The summed E-state index contributed by atoms with van der Waals surface area (Å²) in [6.45, 7) is 3.05. The van der Waals surface area contributed by atoms with Crippen molar-refractivity contribution in [2.75, 3.05) is 16.5 Å². The van der Waals surface area contributed by atoms with Crippen LogP contribution in [-0.4, -0.2) is 29.2 Å². The lowest BCUT2D eigenvalue weighted by Crippen LogP contribution is -2.24. The van der Waals surface area contributed by atoms with E-state index < -0.39 is 11.9 Å². The molecule has 0 spiro atoms. The molecule has 0 bridgehead atoms. The van der Waals surface area contributed by atoms with Crippen molar-refractivity contribution in [2.24, 2.45) is 5.10 Å². The molecule has 2 heterocycles. The van der Waals surface area contributed by atoms with Gasteiger partial charge in [-0.3, -0.25) is 4.79 Å². The second kappa shape index (κ2) is 11.1. The average Bonchev–Trinajstić information content (AvgIpc) is 3.34. The van der Waals surface area contributed by atoms with Gasteiger partial charge in [-0.2, -0.15) is 10.1 Å². The van der Waals surface area contributed by atoms with Gasteiger partial charge in [-0.1, -0.05) is 78.4 Å². The molecule has 6 rings (SSSR count). The van der Waals surface area contributed by atoms with Crippen LogP contribution in [-0.2, 0) is 16.0 Å². The van der Waals surface area contributed by atoms with Gasteiger partial charge in [0.2, 0.25) is 0 Å². The van der Waals surface area contributed by atoms with Crippen LogP contribution in [0.2, 0.25) is 0 Å². The molecule has 0 saturated carbocycles. The number of carbonyl (C=O) groups is 2. The number of hydrogen-bond donors (Lipinski definition) is 1. The maximum Gasteiger partial charge on any atom is 0.357 e. The molecule has 2 aliphatic heterocycles. The number of fused-ring (bicyclic) bond motifs is 1. The third-order valence-corrected chi connectivity index (χ3v) is 7.42. The van der Waals surface area contributed by atoms with Gasteiger partial charge in [0, 0.05) is 17.9 Å². The van der Waals surface area contributed by atoms with Crippen LogP contribution in [0.4, 0.5) is 17.1 Å². The molecular weight excluding hydrogens is 510 g/mol. The molecule has 1 amide bonds. The SMILES string of the molecule is Cc1ccc(-c2ccc(N3CCCc4cc(/C=C/C=C5\C(=O)N(c6ccccc6)N=C5C(=O)O)ccc43)cc2)cc1. The summed E-state index contributed by atoms with van der Waals surface area (Å²) in [6.07, 6.45) is 7.16. The molecule has 6 nitrogen and oxygen atoms in total. The van der Waals surface area contributed by atoms with E-state index in [0.717, 1.165) is 35.6 Å². The van der Waals surface area contributed by atoms with Gasteiger partial charge in [-0.15, -0.1) is 0 Å². The Labute approximate surface area is 239 Å². The van der Waals surface area contributed by atoms with Crippen LogP contribution >= 0.6 is 0 Å². The van der Waals surface area contributed by atoms with Gasteiger partial charge < -0.3 is 10.0 Å². The van der Waals surface area contributed by atoms with E-state index in [-0.39, 0.29) is 11.3 Å². The normalized spacial score (nSPS) is 15.9. The van der Waals surface area contributed by atoms with Crippen LogP contribution in [0.5, 0.6) is 0 Å². The molecule has 4 aromatic carbocycles. The minimum Gasteiger partial charge on any atom is -0.476 e. The first-order valence-corrected chi connectivity index (χ1v) is 13.7. The lowest BCUT2D eigenvalue weighted by molar-refractivity contribution is -0.129. The molecule has 2 aliphatic rings. The van der Waals surface area contributed by atoms with E-state index in [4.69, 9.17) is 0 Å². The van der Waals surface area contributed by atoms with E-state index >= 15 is 0 Å². The fourth-order valence-electron chi connectivity index (χ4n) is 5.29. The highest BCUT2D eigenvalue weighted by atomic mass is 16.4. The van der Waals surface area contributed by atoms with Crippen LogP contribution in [0.3, 0.4) is 0 Å². The zero-order chi connectivity index (χ0) is 28.3. The van der Waals surface area contributed by atoms with E-state index in [1.807, 2.05) is 18.2 Å². The van der Waals surface area contributed by atoms with Gasteiger partial charge in [0.05, 0.1) is 11.3 Å². The maximum absolute atomic E-state index is 13.0. The van der Waals surface area contributed by atoms with Crippen LogP contribution in [0.1, 0.15) is 23.1 Å². The van der Waals surface area contributed by atoms with E-state index in [9.17, 15) is 14.7 Å². The smallest absolute Gasteiger partial charge is 0.357 e. The number of allylic oxidation sites excluding steroid dienone is 2. The van der Waals surface area contributed by atoms with Gasteiger partial charge in [-0.05, 0) is 84.5 Å². The summed E-state index contributed by atoms with van der Waals surface area (Å²) in [4.78, 5) is 27.1. The van der Waals surface area contributed by atoms with E-state index in [0.29, 0.717) is 5.69 Å². The molecule has 0 saturated heterocycles. The standard InChI is InChI=1S/C35H29N3O3/c1-24-12-15-26(16-13-24)27-17-19-29(20-18-27)37-22-6-8-28-23-25(14-21-32(28)37)7-5-11-31-33(35(40)41)36-38(34(31)39)30-9-3-2-4-10-30/h2-5,7,9-21,23H,6,8,22H2,1H3,(H,40,41)/b7-5+,31-11-. The molecule has 0 unspecified atom stereocenters. The summed E-state index contributed by atoms with van der Waals surface area (Å²) in [5.41, 5.74) is 8.57. The number of carboxylic acid groups (broad SMARTS) is 1. The van der Waals surface area contributed by atoms with Crippen LogP contribution < -0.4 is 9.91 Å². The average molecular weight is 540 g/mol. The Bertz CT molecular complexity index is 1700. The first kappa shape index (κ1) is 26.0. The molecule has 6 heteroatoms. The zero-order valence-electron chi connectivity index (χ0n) is 22.7. The minimum atomic E-state index is -1.24. The highest BCUT2D eigenvalue weighted by molar-refractivity contribution is 6.52. The van der Waals surface area contributed by atoms with Crippen molar-refractivity contribution in [2.45, 2.75) is 19.8 Å². The van der Waals surface area contributed by atoms with Crippen LogP contribution in [0.15, 0.2) is 120 Å². The molecule has 1 N–H and O–H groups in total. The van der Waals surface area contributed by atoms with Crippen LogP contribution in [0, 0.1) is 6.92 Å². The lowest BCUT2D eigenvalue weighted by Gasteiger charge is -2.31. The number of rotatable bonds is 6. The quantitative estimate of drug-likeness (QED) is 0.264. The zero-order valence-corrected chi connectivity index (χ0v) is 22.7. The first-order valence-electron chi connectivity index (χ1n) is 13.7. The maximum atomic E-state index is 13.0. The third kappa shape index (κ3) is 5.32. The second-order valence-corrected chi connectivity index (χ2v) is 10.2. The summed E-state index contributed by atoms with van der Waals surface area (Å²) in [6, 6.07) is 32.5. The molecule has 202 valence electrons. The number of hydrazone groups is 1. The fraction of sp³-hybridized carbons (Fsp3) is 0.114. The van der Waals surface area contributed by atoms with Crippen molar-refractivity contribution in [3.63, 3.8) is 0 Å². The van der Waals surface area contributed by atoms with Gasteiger partial charge in [0.15, 0.2) is 5.71 Å². The number of amides is 1. The molecule has 0 radical (unpaired) electrons. The number of carbonyl (C=O) groups excluding carboxylic acids is 1. The number of aryl methyl sites for hydroxylation is 2. The highest BCUT2D eigenvalue weighted by Gasteiger charge is 2.34.